The second kappa shape index (κ2) is 17.6. The molecule has 0 aromatic carbocycles. The first-order valence-corrected chi connectivity index (χ1v) is 12.3. The van der Waals surface area contributed by atoms with Gasteiger partial charge in [-0.05, 0) is 27.3 Å². The minimum atomic E-state index is -1.13. The van der Waals surface area contributed by atoms with Gasteiger partial charge in [0.15, 0.2) is 0 Å². The predicted molar refractivity (Wildman–Crippen MR) is 125 cm³/mol. The second-order valence-electron chi connectivity index (χ2n) is 9.18. The molecule has 0 heterocycles. The Morgan fingerprint density at radius 1 is 0.867 bits per heavy atom. The first-order chi connectivity index (χ1) is 14.3. The molecular formula is C25H49NO4. The van der Waals surface area contributed by atoms with Gasteiger partial charge >= 0.3 is 11.9 Å². The Bertz CT molecular complexity index is 454. The van der Waals surface area contributed by atoms with Crippen molar-refractivity contribution < 1.29 is 19.4 Å². The third kappa shape index (κ3) is 12.6. The first kappa shape index (κ1) is 28.9. The van der Waals surface area contributed by atoms with Crippen molar-refractivity contribution in [2.45, 2.75) is 135 Å². The molecule has 178 valence electrons. The van der Waals surface area contributed by atoms with Crippen LogP contribution in [0.2, 0.25) is 0 Å². The van der Waals surface area contributed by atoms with Crippen molar-refractivity contribution in [3.05, 3.63) is 0 Å². The number of unbranched alkanes of at least 4 members (excludes halogenated alkanes) is 13. The van der Waals surface area contributed by atoms with Crippen molar-refractivity contribution in [3.8, 4) is 0 Å². The Labute approximate surface area is 185 Å². The van der Waals surface area contributed by atoms with Gasteiger partial charge in [-0.1, -0.05) is 96.8 Å². The Balaban J connectivity index is 3.84. The van der Waals surface area contributed by atoms with Gasteiger partial charge in [0.1, 0.15) is 5.54 Å². The average molecular weight is 428 g/mol. The topological polar surface area (TPSA) is 66.8 Å². The van der Waals surface area contributed by atoms with Crippen LogP contribution < -0.4 is 0 Å². The van der Waals surface area contributed by atoms with E-state index in [1.54, 1.807) is 6.92 Å². The molecular weight excluding hydrogens is 378 g/mol. The molecule has 0 spiro atoms. The van der Waals surface area contributed by atoms with Crippen LogP contribution in [0.4, 0.5) is 0 Å². The summed E-state index contributed by atoms with van der Waals surface area (Å²) in [5, 5.41) is 9.20. The average Bonchev–Trinajstić information content (AvgIpc) is 2.71. The quantitative estimate of drug-likeness (QED) is 0.175. The lowest BCUT2D eigenvalue weighted by Gasteiger charge is -2.39. The van der Waals surface area contributed by atoms with Crippen LogP contribution in [-0.4, -0.2) is 47.7 Å². The summed E-state index contributed by atoms with van der Waals surface area (Å²) in [5.74, 6) is -1.47. The monoisotopic (exact) mass is 427 g/mol. The summed E-state index contributed by atoms with van der Waals surface area (Å²) in [6.07, 6.45) is 19.4. The normalized spacial score (nSPS) is 14.5. The molecule has 0 amide bonds. The zero-order valence-corrected chi connectivity index (χ0v) is 20.5. The van der Waals surface area contributed by atoms with E-state index in [2.05, 4.69) is 13.8 Å². The third-order valence-electron chi connectivity index (χ3n) is 6.54. The number of methoxy groups -OCH3 is 1. The lowest BCUT2D eigenvalue weighted by molar-refractivity contribution is -0.160. The van der Waals surface area contributed by atoms with Crippen molar-refractivity contribution in [1.82, 2.24) is 4.90 Å². The largest absolute Gasteiger partial charge is 0.481 e. The lowest BCUT2D eigenvalue weighted by atomic mass is 9.93. The third-order valence-corrected chi connectivity index (χ3v) is 6.54. The number of carbonyl (C=O) groups excluding carboxylic acids is 1. The first-order valence-electron chi connectivity index (χ1n) is 12.3. The molecule has 0 aliphatic carbocycles. The van der Waals surface area contributed by atoms with E-state index < -0.39 is 17.5 Å². The molecule has 2 atom stereocenters. The number of carbonyl (C=O) groups is 2. The summed E-state index contributed by atoms with van der Waals surface area (Å²) in [7, 11) is 3.14. The van der Waals surface area contributed by atoms with E-state index in [4.69, 9.17) is 4.74 Å². The van der Waals surface area contributed by atoms with Gasteiger partial charge in [-0.25, -0.2) is 0 Å². The number of carboxylic acid groups (broad SMARTS) is 1. The molecule has 0 rings (SSSR count). The maximum atomic E-state index is 12.2. The van der Waals surface area contributed by atoms with Crippen LogP contribution in [-0.2, 0) is 14.3 Å². The number of nitrogens with zero attached hydrogens (tertiary/aromatic N) is 1. The van der Waals surface area contributed by atoms with E-state index in [1.807, 2.05) is 11.9 Å². The lowest BCUT2D eigenvalue weighted by Crippen LogP contribution is -2.55. The highest BCUT2D eigenvalue weighted by Gasteiger charge is 2.42. The molecule has 0 saturated heterocycles. The highest BCUT2D eigenvalue weighted by Crippen LogP contribution is 2.25. The molecule has 0 saturated carbocycles. The van der Waals surface area contributed by atoms with Crippen LogP contribution in [0.5, 0.6) is 0 Å². The van der Waals surface area contributed by atoms with Gasteiger partial charge in [-0.15, -0.1) is 0 Å². The number of carboxylic acids is 1. The smallest absolute Gasteiger partial charge is 0.326 e. The molecule has 0 bridgehead atoms. The van der Waals surface area contributed by atoms with Crippen molar-refractivity contribution in [2.24, 2.45) is 0 Å². The predicted octanol–water partition coefficient (Wildman–Crippen LogP) is 6.58. The number of ether oxygens (including phenoxy) is 1. The van der Waals surface area contributed by atoms with Crippen LogP contribution in [0.15, 0.2) is 0 Å². The van der Waals surface area contributed by atoms with Gasteiger partial charge in [-0.3, -0.25) is 14.5 Å². The molecule has 2 unspecified atom stereocenters. The van der Waals surface area contributed by atoms with Crippen molar-refractivity contribution in [1.29, 1.82) is 0 Å². The van der Waals surface area contributed by atoms with Crippen molar-refractivity contribution >= 4 is 11.9 Å². The van der Waals surface area contributed by atoms with Crippen LogP contribution in [0.3, 0.4) is 0 Å². The van der Waals surface area contributed by atoms with Gasteiger partial charge in [0, 0.05) is 6.04 Å². The summed E-state index contributed by atoms with van der Waals surface area (Å²) in [6, 6.07) is 0.130. The van der Waals surface area contributed by atoms with Crippen LogP contribution >= 0.6 is 0 Å². The number of likely N-dealkylation sites (N-methyl/N-ethyl adjacent to an activating group) is 1. The Morgan fingerprint density at radius 3 is 1.63 bits per heavy atom. The van der Waals surface area contributed by atoms with Crippen molar-refractivity contribution in [2.75, 3.05) is 14.2 Å². The summed E-state index contributed by atoms with van der Waals surface area (Å²) < 4.78 is 4.87. The fraction of sp³-hybridized carbons (Fsp3) is 0.920. The number of hydrogen-bond donors (Lipinski definition) is 1. The maximum absolute atomic E-state index is 12.2. The van der Waals surface area contributed by atoms with Gasteiger partial charge in [0.25, 0.3) is 0 Å². The SMILES string of the molecule is CCCCCCCCCCCCCCCCC(C)N(C)C(C)(CC(=O)O)C(=O)OC. The van der Waals surface area contributed by atoms with Crippen LogP contribution in [0.1, 0.15) is 124 Å². The molecule has 0 radical (unpaired) electrons. The van der Waals surface area contributed by atoms with Gasteiger partial charge in [0.2, 0.25) is 0 Å². The number of aliphatic carboxylic acids is 1. The standard InChI is InChI=1S/C25H49NO4/c1-6-7-8-9-10-11-12-13-14-15-16-17-18-19-20-22(2)26(4)25(3,21-23(27)28)24(29)30-5/h22H,6-21H2,1-5H3,(H,27,28). The number of hydrogen-bond acceptors (Lipinski definition) is 4. The molecule has 0 aliphatic rings. The second-order valence-corrected chi connectivity index (χ2v) is 9.18. The molecule has 5 heteroatoms. The van der Waals surface area contributed by atoms with Gasteiger partial charge < -0.3 is 9.84 Å². The van der Waals surface area contributed by atoms with E-state index >= 15 is 0 Å². The molecule has 0 fully saturated rings. The molecule has 0 aliphatic heterocycles. The van der Waals surface area contributed by atoms with Crippen molar-refractivity contribution in [3.63, 3.8) is 0 Å². The van der Waals surface area contributed by atoms with Crippen LogP contribution in [0.25, 0.3) is 0 Å². The fourth-order valence-corrected chi connectivity index (χ4v) is 4.17. The molecule has 5 nitrogen and oxygen atoms in total. The Kier molecular flexibility index (Phi) is 16.9. The zero-order valence-electron chi connectivity index (χ0n) is 20.5. The van der Waals surface area contributed by atoms with E-state index in [0.717, 1.165) is 12.8 Å². The van der Waals surface area contributed by atoms with E-state index in [9.17, 15) is 14.7 Å². The summed E-state index contributed by atoms with van der Waals surface area (Å²) in [6.45, 7) is 5.99. The number of rotatable bonds is 20. The minimum absolute atomic E-state index is 0.130. The summed E-state index contributed by atoms with van der Waals surface area (Å²) >= 11 is 0. The summed E-state index contributed by atoms with van der Waals surface area (Å²) in [4.78, 5) is 25.3. The number of esters is 1. The fourth-order valence-electron chi connectivity index (χ4n) is 4.17. The highest BCUT2D eigenvalue weighted by atomic mass is 16.5. The van der Waals surface area contributed by atoms with Gasteiger partial charge in [-0.2, -0.15) is 0 Å². The van der Waals surface area contributed by atoms with E-state index in [0.29, 0.717) is 0 Å². The Morgan fingerprint density at radius 2 is 1.27 bits per heavy atom. The minimum Gasteiger partial charge on any atom is -0.481 e. The highest BCUT2D eigenvalue weighted by molar-refractivity contribution is 5.85. The molecule has 1 N–H and O–H groups in total. The Hall–Kier alpha value is -1.10. The maximum Gasteiger partial charge on any atom is 0.326 e. The van der Waals surface area contributed by atoms with E-state index in [1.165, 1.54) is 90.6 Å². The zero-order chi connectivity index (χ0) is 22.8. The van der Waals surface area contributed by atoms with Gasteiger partial charge in [0.05, 0.1) is 13.5 Å². The molecule has 30 heavy (non-hydrogen) atoms. The molecule has 0 aromatic heterocycles. The molecule has 0 aromatic rings. The summed E-state index contributed by atoms with van der Waals surface area (Å²) in [5.41, 5.74) is -1.13. The van der Waals surface area contributed by atoms with E-state index in [-0.39, 0.29) is 12.5 Å². The van der Waals surface area contributed by atoms with Crippen LogP contribution in [0, 0.1) is 0 Å².